The van der Waals surface area contributed by atoms with Crippen LogP contribution >= 0.6 is 0 Å². The van der Waals surface area contributed by atoms with Gasteiger partial charge in [-0.15, -0.1) is 0 Å². The Balaban J connectivity index is 2.62. The third-order valence-electron chi connectivity index (χ3n) is 2.84. The van der Waals surface area contributed by atoms with Crippen molar-refractivity contribution in [1.29, 1.82) is 0 Å². The summed E-state index contributed by atoms with van der Waals surface area (Å²) in [5, 5.41) is 14.1. The van der Waals surface area contributed by atoms with Crippen LogP contribution in [0.25, 0.3) is 0 Å². The third kappa shape index (κ3) is 4.68. The lowest BCUT2D eigenvalue weighted by molar-refractivity contribution is -0.386. The molecule has 1 rings (SSSR count). The first-order valence-electron chi connectivity index (χ1n) is 6.03. The molecule has 0 amide bonds. The summed E-state index contributed by atoms with van der Waals surface area (Å²) in [6, 6.07) is 0. The molecule has 1 aromatic rings. The predicted molar refractivity (Wildman–Crippen MR) is 75.6 cm³/mol. The Bertz CT molecular complexity index is 491. The highest BCUT2D eigenvalue weighted by atomic mass is 32.2. The third-order valence-corrected chi connectivity index (χ3v) is 3.70. The molecule has 19 heavy (non-hydrogen) atoms. The van der Waals surface area contributed by atoms with Gasteiger partial charge in [0.1, 0.15) is 0 Å². The molecule has 0 saturated carbocycles. The maximum absolute atomic E-state index is 11.0. The Morgan fingerprint density at radius 3 is 2.74 bits per heavy atom. The van der Waals surface area contributed by atoms with Gasteiger partial charge >= 0.3 is 0 Å². The van der Waals surface area contributed by atoms with Crippen LogP contribution < -0.4 is 5.32 Å². The van der Waals surface area contributed by atoms with Gasteiger partial charge < -0.3 is 5.32 Å². The fourth-order valence-corrected chi connectivity index (χ4v) is 2.38. The zero-order valence-electron chi connectivity index (χ0n) is 11.4. The van der Waals surface area contributed by atoms with E-state index in [2.05, 4.69) is 10.3 Å². The average molecular weight is 285 g/mol. The normalized spacial score (nSPS) is 12.4. The zero-order valence-corrected chi connectivity index (χ0v) is 12.2. The summed E-state index contributed by atoms with van der Waals surface area (Å²) in [6.07, 6.45) is 4.02. The fourth-order valence-electron chi connectivity index (χ4n) is 1.83. The van der Waals surface area contributed by atoms with E-state index in [4.69, 9.17) is 0 Å². The monoisotopic (exact) mass is 285 g/mol. The molecule has 0 aliphatic carbocycles. The molecule has 1 unspecified atom stereocenters. The van der Waals surface area contributed by atoms with Crippen LogP contribution in [0.4, 0.5) is 5.69 Å². The Morgan fingerprint density at radius 1 is 1.47 bits per heavy atom. The van der Waals surface area contributed by atoms with E-state index in [1.54, 1.807) is 20.1 Å². The van der Waals surface area contributed by atoms with E-state index < -0.39 is 10.8 Å². The van der Waals surface area contributed by atoms with Gasteiger partial charge in [0.2, 0.25) is 0 Å². The van der Waals surface area contributed by atoms with Gasteiger partial charge in [-0.1, -0.05) is 0 Å². The van der Waals surface area contributed by atoms with E-state index in [-0.39, 0.29) is 10.6 Å². The van der Waals surface area contributed by atoms with Crippen LogP contribution in [-0.2, 0) is 17.3 Å². The Kier molecular flexibility index (Phi) is 6.04. The number of aromatic nitrogens is 1. The number of aryl methyl sites for hydroxylation is 1. The van der Waals surface area contributed by atoms with Crippen LogP contribution in [-0.4, -0.2) is 32.7 Å². The minimum atomic E-state index is -0.776. The number of rotatable bonds is 7. The molecule has 1 N–H and O–H groups in total. The topological polar surface area (TPSA) is 85.1 Å². The van der Waals surface area contributed by atoms with Gasteiger partial charge in [0, 0.05) is 46.7 Å². The first kappa shape index (κ1) is 15.7. The number of pyridine rings is 1. The Hall–Kier alpha value is -1.34. The molecule has 1 aromatic heterocycles. The number of nitrogens with zero attached hydrogens (tertiary/aromatic N) is 2. The molecule has 0 bridgehead atoms. The molecular formula is C12H19N3O3S. The standard InChI is InChI=1S/C12H19N3O3S/c1-9-7-14-11(10(2)12(9)15(16)17)8-13-5-4-6-19(3)18/h7,13H,4-6,8H2,1-3H3. The van der Waals surface area contributed by atoms with Gasteiger partial charge in [-0.05, 0) is 26.8 Å². The number of hydrogen-bond acceptors (Lipinski definition) is 5. The fraction of sp³-hybridized carbons (Fsp3) is 0.583. The molecule has 1 heterocycles. The lowest BCUT2D eigenvalue weighted by atomic mass is 10.1. The van der Waals surface area contributed by atoms with Crippen molar-refractivity contribution in [1.82, 2.24) is 10.3 Å². The first-order valence-corrected chi connectivity index (χ1v) is 7.76. The van der Waals surface area contributed by atoms with Gasteiger partial charge in [-0.25, -0.2) is 0 Å². The number of hydrogen-bond donors (Lipinski definition) is 1. The summed E-state index contributed by atoms with van der Waals surface area (Å²) in [4.78, 5) is 14.8. The van der Waals surface area contributed by atoms with E-state index in [1.807, 2.05) is 0 Å². The molecule has 1 atom stereocenters. The number of nitro groups is 1. The molecule has 6 nitrogen and oxygen atoms in total. The molecule has 0 aliphatic heterocycles. The van der Waals surface area contributed by atoms with E-state index >= 15 is 0 Å². The quantitative estimate of drug-likeness (QED) is 0.466. The second-order valence-electron chi connectivity index (χ2n) is 4.43. The van der Waals surface area contributed by atoms with Crippen LogP contribution in [0.5, 0.6) is 0 Å². The molecule has 0 spiro atoms. The van der Waals surface area contributed by atoms with Crippen molar-refractivity contribution >= 4 is 16.5 Å². The summed E-state index contributed by atoms with van der Waals surface area (Å²) in [5.74, 6) is 0.660. The average Bonchev–Trinajstić information content (AvgIpc) is 2.30. The molecule has 0 aromatic carbocycles. The summed E-state index contributed by atoms with van der Waals surface area (Å²) in [7, 11) is -0.776. The van der Waals surface area contributed by atoms with Crippen LogP contribution in [0.3, 0.4) is 0 Å². The first-order chi connectivity index (χ1) is 8.93. The van der Waals surface area contributed by atoms with E-state index in [9.17, 15) is 14.3 Å². The minimum Gasteiger partial charge on any atom is -0.311 e. The van der Waals surface area contributed by atoms with Crippen LogP contribution in [0.15, 0.2) is 6.20 Å². The predicted octanol–water partition coefficient (Wildman–Crippen LogP) is 1.46. The van der Waals surface area contributed by atoms with Gasteiger partial charge in [-0.3, -0.25) is 19.3 Å². The SMILES string of the molecule is Cc1cnc(CNCCCS(C)=O)c(C)c1[N+](=O)[O-]. The van der Waals surface area contributed by atoms with Gasteiger partial charge in [0.15, 0.2) is 0 Å². The summed E-state index contributed by atoms with van der Waals surface area (Å²) >= 11 is 0. The molecule has 106 valence electrons. The summed E-state index contributed by atoms with van der Waals surface area (Å²) in [6.45, 7) is 4.62. The lowest BCUT2D eigenvalue weighted by Gasteiger charge is -2.08. The minimum absolute atomic E-state index is 0.140. The molecule has 0 fully saturated rings. The van der Waals surface area contributed by atoms with E-state index in [1.165, 1.54) is 6.20 Å². The summed E-state index contributed by atoms with van der Waals surface area (Å²) in [5.41, 5.74) is 2.01. The van der Waals surface area contributed by atoms with E-state index in [0.717, 1.165) is 13.0 Å². The van der Waals surface area contributed by atoms with E-state index in [0.29, 0.717) is 29.1 Å². The van der Waals surface area contributed by atoms with Crippen LogP contribution in [0, 0.1) is 24.0 Å². The maximum atomic E-state index is 11.0. The molecule has 7 heteroatoms. The van der Waals surface area contributed by atoms with Crippen molar-refractivity contribution in [3.05, 3.63) is 33.1 Å². The highest BCUT2D eigenvalue weighted by Crippen LogP contribution is 2.23. The summed E-state index contributed by atoms with van der Waals surface area (Å²) < 4.78 is 10.9. The van der Waals surface area contributed by atoms with Crippen molar-refractivity contribution in [3.8, 4) is 0 Å². The van der Waals surface area contributed by atoms with Crippen molar-refractivity contribution in [3.63, 3.8) is 0 Å². The van der Waals surface area contributed by atoms with Crippen LogP contribution in [0.2, 0.25) is 0 Å². The second kappa shape index (κ2) is 7.30. The van der Waals surface area contributed by atoms with Crippen molar-refractivity contribution in [2.75, 3.05) is 18.6 Å². The zero-order chi connectivity index (χ0) is 14.4. The highest BCUT2D eigenvalue weighted by Gasteiger charge is 2.18. The van der Waals surface area contributed by atoms with Crippen molar-refractivity contribution < 1.29 is 9.13 Å². The largest absolute Gasteiger partial charge is 0.311 e. The van der Waals surface area contributed by atoms with Crippen molar-refractivity contribution in [2.24, 2.45) is 0 Å². The van der Waals surface area contributed by atoms with Crippen molar-refractivity contribution in [2.45, 2.75) is 26.8 Å². The van der Waals surface area contributed by atoms with Gasteiger partial charge in [-0.2, -0.15) is 0 Å². The Labute approximate surface area is 115 Å². The molecule has 0 saturated heterocycles. The lowest BCUT2D eigenvalue weighted by Crippen LogP contribution is -2.18. The highest BCUT2D eigenvalue weighted by molar-refractivity contribution is 7.84. The second-order valence-corrected chi connectivity index (χ2v) is 5.98. The number of nitrogens with one attached hydrogen (secondary N) is 1. The maximum Gasteiger partial charge on any atom is 0.278 e. The molecule has 0 radical (unpaired) electrons. The molecule has 0 aliphatic rings. The molecular weight excluding hydrogens is 266 g/mol. The van der Waals surface area contributed by atoms with Gasteiger partial charge in [0.05, 0.1) is 10.6 Å². The smallest absolute Gasteiger partial charge is 0.278 e. The van der Waals surface area contributed by atoms with Gasteiger partial charge in [0.25, 0.3) is 5.69 Å². The Morgan fingerprint density at radius 2 is 2.16 bits per heavy atom. The van der Waals surface area contributed by atoms with Crippen LogP contribution in [0.1, 0.15) is 23.2 Å².